The minimum absolute atomic E-state index is 0.233. The minimum atomic E-state index is -0.233. The minimum Gasteiger partial charge on any atom is -0.410 e. The Labute approximate surface area is 149 Å². The molecule has 4 heteroatoms. The SMILES string of the molecule is O=C(Oc1ccccc1)N1CCCN(C2C[C@H]2c2ccccc2)CC1. The van der Waals surface area contributed by atoms with E-state index in [9.17, 15) is 4.79 Å². The number of carbonyl (C=O) groups excluding carboxylic acids is 1. The predicted molar refractivity (Wildman–Crippen MR) is 97.8 cm³/mol. The lowest BCUT2D eigenvalue weighted by Gasteiger charge is -2.22. The van der Waals surface area contributed by atoms with Gasteiger partial charge in [0.25, 0.3) is 0 Å². The first-order chi connectivity index (χ1) is 12.3. The maximum atomic E-state index is 12.4. The molecule has 0 spiro atoms. The van der Waals surface area contributed by atoms with Gasteiger partial charge in [0, 0.05) is 38.1 Å². The predicted octanol–water partition coefficient (Wildman–Crippen LogP) is 3.75. The highest BCUT2D eigenvalue weighted by atomic mass is 16.6. The van der Waals surface area contributed by atoms with Crippen molar-refractivity contribution in [2.24, 2.45) is 0 Å². The molecule has 2 atom stereocenters. The molecular formula is C21H24N2O2. The van der Waals surface area contributed by atoms with Crippen LogP contribution >= 0.6 is 0 Å². The van der Waals surface area contributed by atoms with Gasteiger partial charge in [0.05, 0.1) is 0 Å². The number of nitrogens with zero attached hydrogens (tertiary/aromatic N) is 2. The van der Waals surface area contributed by atoms with Crippen molar-refractivity contribution in [3.63, 3.8) is 0 Å². The van der Waals surface area contributed by atoms with Crippen molar-refractivity contribution in [1.82, 2.24) is 9.80 Å². The zero-order valence-electron chi connectivity index (χ0n) is 14.4. The lowest BCUT2D eigenvalue weighted by molar-refractivity contribution is 0.153. The summed E-state index contributed by atoms with van der Waals surface area (Å²) < 4.78 is 5.48. The molecule has 4 nitrogen and oxygen atoms in total. The fourth-order valence-electron chi connectivity index (χ4n) is 3.75. The molecule has 0 N–H and O–H groups in total. The summed E-state index contributed by atoms with van der Waals surface area (Å²) >= 11 is 0. The zero-order chi connectivity index (χ0) is 17.1. The van der Waals surface area contributed by atoms with E-state index in [1.807, 2.05) is 35.2 Å². The molecule has 2 aliphatic rings. The number of benzene rings is 2. The maximum Gasteiger partial charge on any atom is 0.415 e. The molecule has 4 rings (SSSR count). The molecule has 1 unspecified atom stereocenters. The molecule has 1 heterocycles. The van der Waals surface area contributed by atoms with E-state index in [4.69, 9.17) is 4.74 Å². The molecule has 1 aliphatic heterocycles. The highest BCUT2D eigenvalue weighted by Gasteiger charge is 2.42. The third-order valence-corrected chi connectivity index (χ3v) is 5.19. The lowest BCUT2D eigenvalue weighted by Crippen LogP contribution is -2.37. The second-order valence-corrected chi connectivity index (χ2v) is 6.88. The van der Waals surface area contributed by atoms with Crippen LogP contribution in [0.2, 0.25) is 0 Å². The largest absolute Gasteiger partial charge is 0.415 e. The Morgan fingerprint density at radius 2 is 1.60 bits per heavy atom. The summed E-state index contributed by atoms with van der Waals surface area (Å²) in [4.78, 5) is 16.8. The Hall–Kier alpha value is -2.33. The molecule has 1 saturated heterocycles. The maximum absolute atomic E-state index is 12.4. The van der Waals surface area contributed by atoms with Crippen LogP contribution in [0.3, 0.4) is 0 Å². The van der Waals surface area contributed by atoms with Crippen molar-refractivity contribution in [3.8, 4) is 5.75 Å². The number of carbonyl (C=O) groups is 1. The van der Waals surface area contributed by atoms with Crippen LogP contribution in [0, 0.1) is 0 Å². The van der Waals surface area contributed by atoms with Gasteiger partial charge < -0.3 is 9.64 Å². The normalized spacial score (nSPS) is 23.8. The summed E-state index contributed by atoms with van der Waals surface area (Å²) in [5.74, 6) is 1.27. The fraction of sp³-hybridized carbons (Fsp3) is 0.381. The van der Waals surface area contributed by atoms with Crippen LogP contribution in [-0.4, -0.2) is 48.1 Å². The van der Waals surface area contributed by atoms with Crippen LogP contribution in [0.25, 0.3) is 0 Å². The lowest BCUT2D eigenvalue weighted by atomic mass is 10.1. The Morgan fingerprint density at radius 3 is 2.36 bits per heavy atom. The Morgan fingerprint density at radius 1 is 0.880 bits per heavy atom. The molecule has 0 bridgehead atoms. The number of ether oxygens (including phenoxy) is 1. The van der Waals surface area contributed by atoms with Crippen LogP contribution in [0.1, 0.15) is 24.3 Å². The van der Waals surface area contributed by atoms with E-state index in [0.29, 0.717) is 17.7 Å². The third kappa shape index (κ3) is 3.85. The standard InChI is InChI=1S/C21H24N2O2/c24-21(25-18-10-5-2-6-11-18)23-13-7-12-22(14-15-23)20-16-19(20)17-8-3-1-4-9-17/h1-6,8-11,19-20H,7,12-16H2/t19-,20?/m0/s1. The first-order valence-corrected chi connectivity index (χ1v) is 9.12. The second-order valence-electron chi connectivity index (χ2n) is 6.88. The van der Waals surface area contributed by atoms with E-state index in [1.165, 1.54) is 12.0 Å². The summed E-state index contributed by atoms with van der Waals surface area (Å²) in [6, 6.07) is 20.7. The summed E-state index contributed by atoms with van der Waals surface area (Å²) in [7, 11) is 0. The molecule has 2 aromatic carbocycles. The summed E-state index contributed by atoms with van der Waals surface area (Å²) in [5.41, 5.74) is 1.44. The van der Waals surface area contributed by atoms with Crippen LogP contribution < -0.4 is 4.74 Å². The van der Waals surface area contributed by atoms with Gasteiger partial charge in [0.15, 0.2) is 0 Å². The quantitative estimate of drug-likeness (QED) is 0.856. The van der Waals surface area contributed by atoms with Gasteiger partial charge in [0.1, 0.15) is 5.75 Å². The van der Waals surface area contributed by atoms with Gasteiger partial charge in [-0.3, -0.25) is 4.90 Å². The van der Waals surface area contributed by atoms with Crippen LogP contribution in [0.4, 0.5) is 4.79 Å². The number of rotatable bonds is 3. The summed E-state index contributed by atoms with van der Waals surface area (Å²) in [6.07, 6.45) is 2.00. The van der Waals surface area contributed by atoms with Gasteiger partial charge in [0.2, 0.25) is 0 Å². The Kier molecular flexibility index (Phi) is 4.70. The molecule has 1 aliphatic carbocycles. The van der Waals surface area contributed by atoms with E-state index in [-0.39, 0.29) is 6.09 Å². The van der Waals surface area contributed by atoms with Crippen molar-refractivity contribution in [3.05, 3.63) is 66.2 Å². The van der Waals surface area contributed by atoms with Crippen LogP contribution in [-0.2, 0) is 0 Å². The van der Waals surface area contributed by atoms with Gasteiger partial charge in [-0.1, -0.05) is 48.5 Å². The first-order valence-electron chi connectivity index (χ1n) is 9.12. The van der Waals surface area contributed by atoms with Crippen LogP contribution in [0.5, 0.6) is 5.75 Å². The van der Waals surface area contributed by atoms with Gasteiger partial charge >= 0.3 is 6.09 Å². The average Bonchev–Trinajstić information content (AvgIpc) is 3.46. The zero-order valence-corrected chi connectivity index (χ0v) is 14.4. The van der Waals surface area contributed by atoms with Crippen molar-refractivity contribution in [1.29, 1.82) is 0 Å². The van der Waals surface area contributed by atoms with E-state index in [2.05, 4.69) is 35.2 Å². The van der Waals surface area contributed by atoms with Crippen molar-refractivity contribution in [2.45, 2.75) is 24.8 Å². The van der Waals surface area contributed by atoms with Crippen molar-refractivity contribution < 1.29 is 9.53 Å². The molecule has 25 heavy (non-hydrogen) atoms. The van der Waals surface area contributed by atoms with Gasteiger partial charge in [-0.2, -0.15) is 0 Å². The van der Waals surface area contributed by atoms with E-state index in [1.54, 1.807) is 0 Å². The Bertz CT molecular complexity index is 704. The van der Waals surface area contributed by atoms with Crippen LogP contribution in [0.15, 0.2) is 60.7 Å². The van der Waals surface area contributed by atoms with Crippen molar-refractivity contribution >= 4 is 6.09 Å². The van der Waals surface area contributed by atoms with E-state index < -0.39 is 0 Å². The Balaban J connectivity index is 1.31. The smallest absolute Gasteiger partial charge is 0.410 e. The van der Waals surface area contributed by atoms with E-state index >= 15 is 0 Å². The number of para-hydroxylation sites is 1. The average molecular weight is 336 g/mol. The molecule has 1 saturated carbocycles. The molecule has 2 aromatic rings. The molecule has 130 valence electrons. The molecule has 0 aromatic heterocycles. The highest BCUT2D eigenvalue weighted by molar-refractivity contribution is 5.70. The summed E-state index contributed by atoms with van der Waals surface area (Å²) in [5, 5.41) is 0. The second kappa shape index (κ2) is 7.28. The van der Waals surface area contributed by atoms with E-state index in [0.717, 1.165) is 32.6 Å². The topological polar surface area (TPSA) is 32.8 Å². The first kappa shape index (κ1) is 16.2. The highest BCUT2D eigenvalue weighted by Crippen LogP contribution is 2.44. The van der Waals surface area contributed by atoms with Gasteiger partial charge in [-0.25, -0.2) is 4.79 Å². The summed E-state index contributed by atoms with van der Waals surface area (Å²) in [6.45, 7) is 3.50. The number of hydrogen-bond donors (Lipinski definition) is 0. The van der Waals surface area contributed by atoms with Crippen molar-refractivity contribution in [2.75, 3.05) is 26.2 Å². The number of hydrogen-bond acceptors (Lipinski definition) is 3. The van der Waals surface area contributed by atoms with Gasteiger partial charge in [-0.05, 0) is 30.5 Å². The fourth-order valence-corrected chi connectivity index (χ4v) is 3.75. The molecule has 1 amide bonds. The third-order valence-electron chi connectivity index (χ3n) is 5.19. The molecular weight excluding hydrogens is 312 g/mol. The van der Waals surface area contributed by atoms with Gasteiger partial charge in [-0.15, -0.1) is 0 Å². The molecule has 0 radical (unpaired) electrons. The number of amides is 1. The molecule has 2 fully saturated rings. The monoisotopic (exact) mass is 336 g/mol.